The minimum Gasteiger partial charge on any atom is -0.309 e. The molecule has 1 aromatic rings. The molecular weight excluding hydrogens is 313 g/mol. The molecule has 1 aromatic heterocycles. The summed E-state index contributed by atoms with van der Waals surface area (Å²) in [6, 6.07) is 3.17. The molecule has 0 aromatic carbocycles. The van der Waals surface area contributed by atoms with Gasteiger partial charge in [0.15, 0.2) is 0 Å². The van der Waals surface area contributed by atoms with Crippen molar-refractivity contribution in [3.8, 4) is 0 Å². The number of halogens is 2. The maximum atomic E-state index is 14.1. The topological polar surface area (TPSA) is 54.0 Å². The lowest BCUT2D eigenvalue weighted by Crippen LogP contribution is -2.35. The van der Waals surface area contributed by atoms with E-state index >= 15 is 0 Å². The number of amides is 1. The first kappa shape index (κ1) is 14.4. The number of aryl methyl sites for hydroxylation is 1. The zero-order valence-electron chi connectivity index (χ0n) is 11.0. The fourth-order valence-electron chi connectivity index (χ4n) is 2.11. The largest absolute Gasteiger partial charge is 0.309 e. The van der Waals surface area contributed by atoms with Crippen molar-refractivity contribution >= 4 is 27.7 Å². The third-order valence-corrected chi connectivity index (χ3v) is 3.93. The van der Waals surface area contributed by atoms with Crippen molar-refractivity contribution in [2.45, 2.75) is 38.4 Å². The number of aromatic nitrogens is 1. The fraction of sp³-hybridized carbons (Fsp3) is 0.538. The number of pyridine rings is 1. The molecule has 4 nitrogen and oxygen atoms in total. The van der Waals surface area contributed by atoms with E-state index in [9.17, 15) is 9.18 Å². The number of carbonyl (C=O) groups is 1. The first-order valence-electron chi connectivity index (χ1n) is 6.30. The quantitative estimate of drug-likeness (QED) is 0.838. The second-order valence-corrected chi connectivity index (χ2v) is 5.74. The molecule has 1 saturated heterocycles. The zero-order chi connectivity index (χ0) is 14.0. The van der Waals surface area contributed by atoms with Gasteiger partial charge in [-0.25, -0.2) is 9.37 Å². The smallest absolute Gasteiger partial charge is 0.242 e. The molecule has 1 fully saturated rings. The summed E-state index contributed by atoms with van der Waals surface area (Å²) in [5, 5.41) is 5.67. The van der Waals surface area contributed by atoms with Crippen LogP contribution in [0.3, 0.4) is 0 Å². The average Bonchev–Trinajstić information content (AvgIpc) is 2.77. The van der Waals surface area contributed by atoms with Crippen LogP contribution in [-0.2, 0) is 4.79 Å². The lowest BCUT2D eigenvalue weighted by Gasteiger charge is -2.15. The maximum Gasteiger partial charge on any atom is 0.242 e. The Morgan fingerprint density at radius 1 is 1.68 bits per heavy atom. The molecule has 0 radical (unpaired) electrons. The molecule has 2 N–H and O–H groups in total. The Morgan fingerprint density at radius 2 is 2.42 bits per heavy atom. The molecule has 0 bridgehead atoms. The summed E-state index contributed by atoms with van der Waals surface area (Å²) in [6.07, 6.45) is 0.625. The van der Waals surface area contributed by atoms with Crippen LogP contribution in [-0.4, -0.2) is 29.1 Å². The molecule has 0 aliphatic carbocycles. The summed E-state index contributed by atoms with van der Waals surface area (Å²) in [7, 11) is 0. The molecule has 0 unspecified atom stereocenters. The molecule has 19 heavy (non-hydrogen) atoms. The molecule has 1 aliphatic heterocycles. The van der Waals surface area contributed by atoms with Gasteiger partial charge >= 0.3 is 0 Å². The van der Waals surface area contributed by atoms with Crippen LogP contribution in [0, 0.1) is 6.92 Å². The Labute approximate surface area is 120 Å². The lowest BCUT2D eigenvalue weighted by molar-refractivity contribution is -0.118. The fourth-order valence-corrected chi connectivity index (χ4v) is 2.42. The summed E-state index contributed by atoms with van der Waals surface area (Å²) in [5.41, 5.74) is -0.404. The highest BCUT2D eigenvalue weighted by molar-refractivity contribution is 9.10. The van der Waals surface area contributed by atoms with Crippen molar-refractivity contribution in [3.05, 3.63) is 22.3 Å². The second kappa shape index (κ2) is 5.54. The van der Waals surface area contributed by atoms with Gasteiger partial charge in [-0.15, -0.1) is 0 Å². The Hall–Kier alpha value is -1.01. The number of carbonyl (C=O) groups excluding carboxylic acids is 1. The Bertz CT molecular complexity index is 497. The third kappa shape index (κ3) is 3.30. The monoisotopic (exact) mass is 329 g/mol. The van der Waals surface area contributed by atoms with E-state index in [-0.39, 0.29) is 18.9 Å². The third-order valence-electron chi connectivity index (χ3n) is 3.49. The van der Waals surface area contributed by atoms with Crippen LogP contribution in [0.4, 0.5) is 10.2 Å². The molecule has 2 rings (SSSR count). The molecule has 0 saturated carbocycles. The Morgan fingerprint density at radius 3 is 3.05 bits per heavy atom. The predicted octanol–water partition coefficient (Wildman–Crippen LogP) is 2.57. The van der Waals surface area contributed by atoms with E-state index in [4.69, 9.17) is 0 Å². The van der Waals surface area contributed by atoms with Gasteiger partial charge in [-0.3, -0.25) is 4.79 Å². The van der Waals surface area contributed by atoms with Crippen LogP contribution >= 0.6 is 15.9 Å². The van der Waals surface area contributed by atoms with Crippen molar-refractivity contribution in [3.63, 3.8) is 0 Å². The van der Waals surface area contributed by atoms with E-state index < -0.39 is 11.7 Å². The number of hydrogen-bond acceptors (Lipinski definition) is 3. The minimum absolute atomic E-state index is 0.211. The van der Waals surface area contributed by atoms with Crippen molar-refractivity contribution < 1.29 is 9.18 Å². The van der Waals surface area contributed by atoms with Crippen LogP contribution in [0.15, 0.2) is 16.7 Å². The molecule has 2 heterocycles. The standard InChI is InChI=1S/C13H17BrFN3O/c1-3-13(15)6-9(16-7-13)12(19)18-11-8(2)4-5-10(14)17-11/h4-5,9,16H,3,6-7H2,1-2H3,(H,17,18,19)/t9-,13-/m0/s1. The first-order valence-corrected chi connectivity index (χ1v) is 7.09. The van der Waals surface area contributed by atoms with Crippen LogP contribution in [0.5, 0.6) is 0 Å². The summed E-state index contributed by atoms with van der Waals surface area (Å²) >= 11 is 3.26. The van der Waals surface area contributed by atoms with Gasteiger partial charge in [0.1, 0.15) is 16.1 Å². The van der Waals surface area contributed by atoms with Crippen LogP contribution < -0.4 is 10.6 Å². The number of nitrogens with one attached hydrogen (secondary N) is 2. The zero-order valence-corrected chi connectivity index (χ0v) is 12.6. The molecule has 1 amide bonds. The first-order chi connectivity index (χ1) is 8.93. The van der Waals surface area contributed by atoms with Gasteiger partial charge in [-0.1, -0.05) is 13.0 Å². The molecule has 2 atom stereocenters. The summed E-state index contributed by atoms with van der Waals surface area (Å²) < 4.78 is 14.7. The van der Waals surface area contributed by atoms with E-state index in [1.165, 1.54) is 0 Å². The summed E-state index contributed by atoms with van der Waals surface area (Å²) in [4.78, 5) is 16.3. The van der Waals surface area contributed by atoms with E-state index in [1.807, 2.05) is 19.1 Å². The van der Waals surface area contributed by atoms with E-state index in [0.717, 1.165) is 5.56 Å². The van der Waals surface area contributed by atoms with Gasteiger partial charge in [0.25, 0.3) is 0 Å². The Kier molecular flexibility index (Phi) is 4.20. The summed E-state index contributed by atoms with van der Waals surface area (Å²) in [5.74, 6) is 0.274. The van der Waals surface area contributed by atoms with Gasteiger partial charge in [-0.05, 0) is 40.9 Å². The van der Waals surface area contributed by atoms with Crippen molar-refractivity contribution in [2.75, 3.05) is 11.9 Å². The second-order valence-electron chi connectivity index (χ2n) is 4.93. The van der Waals surface area contributed by atoms with Crippen molar-refractivity contribution in [1.82, 2.24) is 10.3 Å². The highest BCUT2D eigenvalue weighted by Crippen LogP contribution is 2.28. The van der Waals surface area contributed by atoms with Gasteiger partial charge in [0, 0.05) is 13.0 Å². The molecule has 6 heteroatoms. The lowest BCUT2D eigenvalue weighted by atomic mass is 9.99. The highest BCUT2D eigenvalue weighted by atomic mass is 79.9. The molecular formula is C13H17BrFN3O. The normalized spacial score (nSPS) is 26.4. The van der Waals surface area contributed by atoms with Gasteiger partial charge in [0.2, 0.25) is 5.91 Å². The van der Waals surface area contributed by atoms with Gasteiger partial charge < -0.3 is 10.6 Å². The number of alkyl halides is 1. The van der Waals surface area contributed by atoms with Gasteiger partial charge in [-0.2, -0.15) is 0 Å². The molecule has 1 aliphatic rings. The number of nitrogens with zero attached hydrogens (tertiary/aromatic N) is 1. The number of hydrogen-bond donors (Lipinski definition) is 2. The molecule has 0 spiro atoms. The number of anilines is 1. The highest BCUT2D eigenvalue weighted by Gasteiger charge is 2.40. The predicted molar refractivity (Wildman–Crippen MR) is 75.8 cm³/mol. The van der Waals surface area contributed by atoms with Gasteiger partial charge in [0.05, 0.1) is 6.04 Å². The van der Waals surface area contributed by atoms with E-state index in [1.54, 1.807) is 6.92 Å². The average molecular weight is 330 g/mol. The van der Waals surface area contributed by atoms with Crippen LogP contribution in [0.2, 0.25) is 0 Å². The van der Waals surface area contributed by atoms with Crippen LogP contribution in [0.25, 0.3) is 0 Å². The summed E-state index contributed by atoms with van der Waals surface area (Å²) in [6.45, 7) is 3.89. The maximum absolute atomic E-state index is 14.1. The van der Waals surface area contributed by atoms with Crippen LogP contribution in [0.1, 0.15) is 25.3 Å². The van der Waals surface area contributed by atoms with E-state index in [0.29, 0.717) is 16.8 Å². The number of rotatable bonds is 3. The molecule has 104 valence electrons. The minimum atomic E-state index is -1.28. The SMILES string of the molecule is CC[C@@]1(F)CN[C@H](C(=O)Nc2nc(Br)ccc2C)C1. The van der Waals surface area contributed by atoms with Crippen molar-refractivity contribution in [1.29, 1.82) is 0 Å². The van der Waals surface area contributed by atoms with Crippen molar-refractivity contribution in [2.24, 2.45) is 0 Å². The Balaban J connectivity index is 2.04. The van der Waals surface area contributed by atoms with E-state index in [2.05, 4.69) is 31.5 Å².